The molecule has 2 aromatic carbocycles. The zero-order valence-electron chi connectivity index (χ0n) is 21.0. The molecule has 0 spiro atoms. The summed E-state index contributed by atoms with van der Waals surface area (Å²) in [5.74, 6) is 0. The first kappa shape index (κ1) is 25.7. The fourth-order valence-electron chi connectivity index (χ4n) is 3.93. The summed E-state index contributed by atoms with van der Waals surface area (Å²) in [6.07, 6.45) is 4.17. The quantitative estimate of drug-likeness (QED) is 0.289. The van der Waals surface area contributed by atoms with Gasteiger partial charge < -0.3 is 15.6 Å². The first-order valence-corrected chi connectivity index (χ1v) is 17.4. The summed E-state index contributed by atoms with van der Waals surface area (Å²) in [7, 11) is -3.94. The Morgan fingerprint density at radius 2 is 0.968 bits per heavy atom. The van der Waals surface area contributed by atoms with E-state index in [1.54, 1.807) is 0 Å². The zero-order valence-corrected chi connectivity index (χ0v) is 23.0. The molecule has 0 saturated heterocycles. The number of hydrogen-bond donors (Lipinski definition) is 2. The highest BCUT2D eigenvalue weighted by Gasteiger charge is 2.49. The summed E-state index contributed by atoms with van der Waals surface area (Å²) in [6, 6.07) is 16.5. The molecule has 0 aliphatic rings. The van der Waals surface area contributed by atoms with Gasteiger partial charge in [0.05, 0.1) is 0 Å². The van der Waals surface area contributed by atoms with Gasteiger partial charge in [-0.3, -0.25) is 0 Å². The third-order valence-electron chi connectivity index (χ3n) is 7.92. The standard InChI is InChI=1S/C26H44N2OSi2/c1-25(2,19-17-21-13-9-11-15-23(21)27)30(5,6)29-31(7,8)26(3,4)20-18-22-14-10-12-16-24(22)28/h9-16H,17-20,27-28H2,1-8H3. The molecule has 0 aliphatic heterocycles. The van der Waals surface area contributed by atoms with Crippen LogP contribution in [0.15, 0.2) is 48.5 Å². The third kappa shape index (κ3) is 6.24. The van der Waals surface area contributed by atoms with E-state index in [9.17, 15) is 0 Å². The molecule has 0 aromatic heterocycles. The molecule has 0 unspecified atom stereocenters. The summed E-state index contributed by atoms with van der Waals surface area (Å²) in [6.45, 7) is 19.2. The van der Waals surface area contributed by atoms with Crippen molar-refractivity contribution in [3.63, 3.8) is 0 Å². The first-order chi connectivity index (χ1) is 14.2. The number of nitrogens with two attached hydrogens (primary N) is 2. The highest BCUT2D eigenvalue weighted by Crippen LogP contribution is 2.49. The smallest absolute Gasteiger partial charge is 0.179 e. The van der Waals surface area contributed by atoms with Gasteiger partial charge in [-0.1, -0.05) is 64.1 Å². The molecule has 3 nitrogen and oxygen atoms in total. The van der Waals surface area contributed by atoms with Crippen molar-refractivity contribution in [3.05, 3.63) is 59.7 Å². The van der Waals surface area contributed by atoms with Gasteiger partial charge in [0.2, 0.25) is 0 Å². The Morgan fingerprint density at radius 1 is 0.645 bits per heavy atom. The van der Waals surface area contributed by atoms with Gasteiger partial charge in [0, 0.05) is 11.4 Å². The largest absolute Gasteiger partial charge is 0.455 e. The Hall–Kier alpha value is -1.57. The number of nitrogen functional groups attached to an aromatic ring is 2. The fraction of sp³-hybridized carbons (Fsp3) is 0.538. The van der Waals surface area contributed by atoms with Gasteiger partial charge in [0.25, 0.3) is 0 Å². The molecule has 5 heteroatoms. The minimum Gasteiger partial charge on any atom is -0.455 e. The van der Waals surface area contributed by atoms with Crippen molar-refractivity contribution in [2.75, 3.05) is 11.5 Å². The van der Waals surface area contributed by atoms with E-state index < -0.39 is 16.6 Å². The molecule has 0 saturated carbocycles. The Kier molecular flexibility index (Phi) is 7.88. The van der Waals surface area contributed by atoms with E-state index in [4.69, 9.17) is 15.6 Å². The van der Waals surface area contributed by atoms with Crippen LogP contribution in [0, 0.1) is 0 Å². The molecule has 31 heavy (non-hydrogen) atoms. The maximum absolute atomic E-state index is 7.21. The molecular formula is C26H44N2OSi2. The van der Waals surface area contributed by atoms with Crippen molar-refractivity contribution >= 4 is 28.0 Å². The monoisotopic (exact) mass is 456 g/mol. The van der Waals surface area contributed by atoms with E-state index in [-0.39, 0.29) is 10.1 Å². The van der Waals surface area contributed by atoms with Crippen LogP contribution < -0.4 is 11.5 Å². The molecule has 4 N–H and O–H groups in total. The molecule has 0 radical (unpaired) electrons. The summed E-state index contributed by atoms with van der Waals surface area (Å²) in [5.41, 5.74) is 16.7. The van der Waals surface area contributed by atoms with Gasteiger partial charge >= 0.3 is 0 Å². The molecule has 0 atom stereocenters. The van der Waals surface area contributed by atoms with Crippen molar-refractivity contribution in [3.8, 4) is 0 Å². The lowest BCUT2D eigenvalue weighted by atomic mass is 10.0. The molecule has 0 bridgehead atoms. The number of hydrogen-bond acceptors (Lipinski definition) is 3. The van der Waals surface area contributed by atoms with Crippen LogP contribution >= 0.6 is 0 Å². The Balaban J connectivity index is 2.08. The Labute approximate surface area is 192 Å². The normalized spacial score (nSPS) is 13.4. The van der Waals surface area contributed by atoms with Gasteiger partial charge in [-0.05, 0) is 85.2 Å². The number of para-hydroxylation sites is 2. The Morgan fingerprint density at radius 3 is 1.29 bits per heavy atom. The minimum atomic E-state index is -1.97. The first-order valence-electron chi connectivity index (χ1n) is 11.6. The van der Waals surface area contributed by atoms with Gasteiger partial charge in [-0.25, -0.2) is 0 Å². The maximum atomic E-state index is 7.21. The van der Waals surface area contributed by atoms with Crippen LogP contribution in [0.4, 0.5) is 11.4 Å². The Bertz CT molecular complexity index is 804. The van der Waals surface area contributed by atoms with Crippen molar-refractivity contribution in [2.24, 2.45) is 0 Å². The molecular weight excluding hydrogens is 412 g/mol. The van der Waals surface area contributed by atoms with Gasteiger partial charge in [-0.15, -0.1) is 0 Å². The SMILES string of the molecule is CC(C)(CCc1ccccc1N)[Si](C)(C)O[Si](C)(C)C(C)(C)CCc1ccccc1N. The topological polar surface area (TPSA) is 61.3 Å². The lowest BCUT2D eigenvalue weighted by Crippen LogP contribution is -2.55. The molecule has 2 aromatic rings. The molecule has 2 rings (SSSR count). The van der Waals surface area contributed by atoms with Crippen LogP contribution in [0.2, 0.25) is 36.3 Å². The summed E-state index contributed by atoms with van der Waals surface area (Å²) < 4.78 is 7.21. The molecule has 0 aliphatic carbocycles. The van der Waals surface area contributed by atoms with Gasteiger partial charge in [-0.2, -0.15) is 0 Å². The van der Waals surface area contributed by atoms with Crippen LogP contribution in [0.5, 0.6) is 0 Å². The van der Waals surface area contributed by atoms with Crippen molar-refractivity contribution < 1.29 is 4.12 Å². The molecule has 172 valence electrons. The number of benzene rings is 2. The molecule has 0 amide bonds. The average molecular weight is 457 g/mol. The van der Waals surface area contributed by atoms with Crippen LogP contribution in [-0.4, -0.2) is 16.6 Å². The summed E-state index contributed by atoms with van der Waals surface area (Å²) >= 11 is 0. The van der Waals surface area contributed by atoms with E-state index in [2.05, 4.69) is 78.1 Å². The van der Waals surface area contributed by atoms with Crippen molar-refractivity contribution in [1.82, 2.24) is 0 Å². The number of anilines is 2. The van der Waals surface area contributed by atoms with Crippen molar-refractivity contribution in [1.29, 1.82) is 0 Å². The number of rotatable bonds is 10. The summed E-state index contributed by atoms with van der Waals surface area (Å²) in [4.78, 5) is 0. The second-order valence-electron chi connectivity index (χ2n) is 11.3. The summed E-state index contributed by atoms with van der Waals surface area (Å²) in [5, 5.41) is 0.305. The molecule has 0 heterocycles. The van der Waals surface area contributed by atoms with Gasteiger partial charge in [0.1, 0.15) is 0 Å². The van der Waals surface area contributed by atoms with Crippen LogP contribution in [-0.2, 0) is 17.0 Å². The highest BCUT2D eigenvalue weighted by atomic mass is 28.4. The predicted molar refractivity (Wildman–Crippen MR) is 142 cm³/mol. The van der Waals surface area contributed by atoms with E-state index in [1.165, 1.54) is 11.1 Å². The van der Waals surface area contributed by atoms with Gasteiger partial charge in [0.15, 0.2) is 16.6 Å². The van der Waals surface area contributed by atoms with E-state index in [1.807, 2.05) is 24.3 Å². The maximum Gasteiger partial charge on any atom is 0.179 e. The number of aryl methyl sites for hydroxylation is 2. The van der Waals surface area contributed by atoms with Crippen LogP contribution in [0.3, 0.4) is 0 Å². The zero-order chi connectivity index (χ0) is 23.5. The van der Waals surface area contributed by atoms with E-state index in [0.717, 1.165) is 37.1 Å². The van der Waals surface area contributed by atoms with Crippen LogP contribution in [0.1, 0.15) is 51.7 Å². The average Bonchev–Trinajstić information content (AvgIpc) is 2.65. The van der Waals surface area contributed by atoms with E-state index >= 15 is 0 Å². The second kappa shape index (κ2) is 9.51. The van der Waals surface area contributed by atoms with Crippen LogP contribution in [0.25, 0.3) is 0 Å². The minimum absolute atomic E-state index is 0.152. The highest BCUT2D eigenvalue weighted by molar-refractivity contribution is 6.87. The van der Waals surface area contributed by atoms with E-state index in [0.29, 0.717) is 0 Å². The third-order valence-corrected chi connectivity index (χ3v) is 19.0. The molecule has 0 fully saturated rings. The van der Waals surface area contributed by atoms with Crippen molar-refractivity contribution in [2.45, 2.75) is 89.6 Å². The lowest BCUT2D eigenvalue weighted by Gasteiger charge is -2.49. The lowest BCUT2D eigenvalue weighted by molar-refractivity contribution is 0.411. The fourth-order valence-corrected chi connectivity index (χ4v) is 12.7. The predicted octanol–water partition coefficient (Wildman–Crippen LogP) is 7.40. The second-order valence-corrected chi connectivity index (χ2v) is 20.9.